The van der Waals surface area contributed by atoms with Crippen LogP contribution in [0.1, 0.15) is 52.4 Å². The van der Waals surface area contributed by atoms with Gasteiger partial charge in [-0.05, 0) is 31.6 Å². The Labute approximate surface area is 104 Å². The highest BCUT2D eigenvalue weighted by Crippen LogP contribution is 2.11. The summed E-state index contributed by atoms with van der Waals surface area (Å²) in [6, 6.07) is -0.208. The summed E-state index contributed by atoms with van der Waals surface area (Å²) in [5.41, 5.74) is 0. The minimum absolute atomic E-state index is 0.0242. The van der Waals surface area contributed by atoms with Crippen molar-refractivity contribution in [1.29, 1.82) is 0 Å². The summed E-state index contributed by atoms with van der Waals surface area (Å²) in [5.74, 6) is 0.635. The van der Waals surface area contributed by atoms with Crippen LogP contribution in [0, 0.1) is 5.92 Å². The maximum Gasteiger partial charge on any atom is 0.324 e. The van der Waals surface area contributed by atoms with Gasteiger partial charge in [0, 0.05) is 19.5 Å². The Bertz CT molecular complexity index is 264. The van der Waals surface area contributed by atoms with Gasteiger partial charge in [-0.2, -0.15) is 0 Å². The molecule has 17 heavy (non-hydrogen) atoms. The Kier molecular flexibility index (Phi) is 6.01. The number of carbonyl (C=O) groups excluding carboxylic acids is 2. The molecule has 4 nitrogen and oxygen atoms in total. The standard InChI is InChI=1S/C13H24N2O2/c1-11(2)7-6-9-14-13(17)15-10-5-3-4-8-12(15)16/h11H,3-10H2,1-2H3,(H,14,17). The summed E-state index contributed by atoms with van der Waals surface area (Å²) >= 11 is 0. The predicted molar refractivity (Wildman–Crippen MR) is 67.7 cm³/mol. The van der Waals surface area contributed by atoms with E-state index in [0.717, 1.165) is 32.1 Å². The van der Waals surface area contributed by atoms with Crippen molar-refractivity contribution in [2.24, 2.45) is 5.92 Å². The molecular formula is C13H24N2O2. The predicted octanol–water partition coefficient (Wildman–Crippen LogP) is 2.53. The molecular weight excluding hydrogens is 216 g/mol. The summed E-state index contributed by atoms with van der Waals surface area (Å²) < 4.78 is 0. The second kappa shape index (κ2) is 7.30. The Morgan fingerprint density at radius 2 is 2.12 bits per heavy atom. The van der Waals surface area contributed by atoms with Crippen molar-refractivity contribution in [1.82, 2.24) is 10.2 Å². The average Bonchev–Trinajstić information content (AvgIpc) is 2.48. The highest BCUT2D eigenvalue weighted by molar-refractivity contribution is 5.94. The zero-order chi connectivity index (χ0) is 12.7. The average molecular weight is 240 g/mol. The van der Waals surface area contributed by atoms with Crippen molar-refractivity contribution in [2.45, 2.75) is 52.4 Å². The third-order valence-corrected chi connectivity index (χ3v) is 3.05. The van der Waals surface area contributed by atoms with E-state index in [1.165, 1.54) is 4.90 Å². The van der Waals surface area contributed by atoms with Crippen molar-refractivity contribution in [3.63, 3.8) is 0 Å². The molecule has 3 amide bonds. The highest BCUT2D eigenvalue weighted by Gasteiger charge is 2.22. The van der Waals surface area contributed by atoms with E-state index in [0.29, 0.717) is 25.4 Å². The fourth-order valence-corrected chi connectivity index (χ4v) is 2.00. The minimum atomic E-state index is -0.208. The maximum absolute atomic E-state index is 11.8. The molecule has 0 aromatic carbocycles. The molecule has 98 valence electrons. The largest absolute Gasteiger partial charge is 0.338 e. The number of carbonyl (C=O) groups is 2. The van der Waals surface area contributed by atoms with Crippen LogP contribution in [0.4, 0.5) is 4.79 Å². The summed E-state index contributed by atoms with van der Waals surface area (Å²) in [5, 5.41) is 2.83. The van der Waals surface area contributed by atoms with Gasteiger partial charge in [-0.15, -0.1) is 0 Å². The molecule has 1 aliphatic rings. The lowest BCUT2D eigenvalue weighted by molar-refractivity contribution is -0.127. The lowest BCUT2D eigenvalue weighted by Gasteiger charge is -2.19. The van der Waals surface area contributed by atoms with Crippen LogP contribution in [-0.2, 0) is 4.79 Å². The fraction of sp³-hybridized carbons (Fsp3) is 0.846. The minimum Gasteiger partial charge on any atom is -0.338 e. The highest BCUT2D eigenvalue weighted by atomic mass is 16.2. The Morgan fingerprint density at radius 1 is 1.35 bits per heavy atom. The first-order chi connectivity index (χ1) is 8.11. The molecule has 1 fully saturated rings. The van der Waals surface area contributed by atoms with E-state index in [1.807, 2.05) is 0 Å². The molecule has 0 aromatic rings. The zero-order valence-corrected chi connectivity index (χ0v) is 11.0. The fourth-order valence-electron chi connectivity index (χ4n) is 2.00. The quantitative estimate of drug-likeness (QED) is 0.768. The van der Waals surface area contributed by atoms with Crippen LogP contribution in [0.5, 0.6) is 0 Å². The molecule has 0 aliphatic carbocycles. The molecule has 0 saturated carbocycles. The Hall–Kier alpha value is -1.06. The Balaban J connectivity index is 2.27. The van der Waals surface area contributed by atoms with Gasteiger partial charge in [0.2, 0.25) is 5.91 Å². The normalized spacial score (nSPS) is 17.1. The molecule has 0 unspecified atom stereocenters. The van der Waals surface area contributed by atoms with Gasteiger partial charge in [0.15, 0.2) is 0 Å². The van der Waals surface area contributed by atoms with Gasteiger partial charge in [-0.3, -0.25) is 9.69 Å². The summed E-state index contributed by atoms with van der Waals surface area (Å²) in [6.45, 7) is 5.58. The van der Waals surface area contributed by atoms with Crippen LogP contribution >= 0.6 is 0 Å². The molecule has 0 aromatic heterocycles. The van der Waals surface area contributed by atoms with E-state index in [4.69, 9.17) is 0 Å². The van der Waals surface area contributed by atoms with E-state index < -0.39 is 0 Å². The molecule has 0 radical (unpaired) electrons. The van der Waals surface area contributed by atoms with Crippen LogP contribution in [0.15, 0.2) is 0 Å². The molecule has 1 saturated heterocycles. The number of nitrogens with zero attached hydrogens (tertiary/aromatic N) is 1. The van der Waals surface area contributed by atoms with E-state index in [2.05, 4.69) is 19.2 Å². The smallest absolute Gasteiger partial charge is 0.324 e. The molecule has 1 N–H and O–H groups in total. The second-order valence-electron chi connectivity index (χ2n) is 5.12. The van der Waals surface area contributed by atoms with Crippen LogP contribution in [0.2, 0.25) is 0 Å². The number of likely N-dealkylation sites (tertiary alicyclic amines) is 1. The molecule has 0 atom stereocenters. The van der Waals surface area contributed by atoms with Gasteiger partial charge < -0.3 is 5.32 Å². The van der Waals surface area contributed by atoms with Crippen LogP contribution in [0.25, 0.3) is 0 Å². The molecule has 4 heteroatoms. The molecule has 1 heterocycles. The third-order valence-electron chi connectivity index (χ3n) is 3.05. The van der Waals surface area contributed by atoms with Crippen molar-refractivity contribution in [3.05, 3.63) is 0 Å². The van der Waals surface area contributed by atoms with Gasteiger partial charge in [0.25, 0.3) is 0 Å². The summed E-state index contributed by atoms with van der Waals surface area (Å²) in [4.78, 5) is 24.8. The topological polar surface area (TPSA) is 49.4 Å². The van der Waals surface area contributed by atoms with Gasteiger partial charge in [0.1, 0.15) is 0 Å². The van der Waals surface area contributed by atoms with E-state index in [9.17, 15) is 9.59 Å². The molecule has 1 aliphatic heterocycles. The van der Waals surface area contributed by atoms with Gasteiger partial charge in [-0.1, -0.05) is 20.3 Å². The number of urea groups is 1. The first-order valence-electron chi connectivity index (χ1n) is 6.69. The van der Waals surface area contributed by atoms with Crippen molar-refractivity contribution >= 4 is 11.9 Å². The first-order valence-corrected chi connectivity index (χ1v) is 6.69. The number of nitrogens with one attached hydrogen (secondary N) is 1. The van der Waals surface area contributed by atoms with E-state index in [-0.39, 0.29) is 11.9 Å². The lowest BCUT2D eigenvalue weighted by atomic mass is 10.1. The lowest BCUT2D eigenvalue weighted by Crippen LogP contribution is -2.43. The van der Waals surface area contributed by atoms with Gasteiger partial charge in [-0.25, -0.2) is 4.79 Å². The van der Waals surface area contributed by atoms with Crippen molar-refractivity contribution in [2.75, 3.05) is 13.1 Å². The number of imide groups is 1. The SMILES string of the molecule is CC(C)CCCNC(=O)N1CCCCCC1=O. The van der Waals surface area contributed by atoms with Gasteiger partial charge in [0.05, 0.1) is 0 Å². The zero-order valence-electron chi connectivity index (χ0n) is 11.0. The van der Waals surface area contributed by atoms with Crippen LogP contribution in [-0.4, -0.2) is 29.9 Å². The third kappa shape index (κ3) is 5.20. The van der Waals surface area contributed by atoms with Crippen molar-refractivity contribution < 1.29 is 9.59 Å². The summed E-state index contributed by atoms with van der Waals surface area (Å²) in [7, 11) is 0. The molecule has 1 rings (SSSR count). The molecule has 0 bridgehead atoms. The number of hydrogen-bond donors (Lipinski definition) is 1. The van der Waals surface area contributed by atoms with Crippen molar-refractivity contribution in [3.8, 4) is 0 Å². The first kappa shape index (κ1) is 14.0. The van der Waals surface area contributed by atoms with E-state index >= 15 is 0 Å². The second-order valence-corrected chi connectivity index (χ2v) is 5.12. The maximum atomic E-state index is 11.8. The monoisotopic (exact) mass is 240 g/mol. The number of amides is 3. The summed E-state index contributed by atoms with van der Waals surface area (Å²) in [6.07, 6.45) is 5.49. The number of rotatable bonds is 4. The number of hydrogen-bond acceptors (Lipinski definition) is 2. The van der Waals surface area contributed by atoms with E-state index in [1.54, 1.807) is 0 Å². The molecule has 0 spiro atoms. The Morgan fingerprint density at radius 3 is 2.82 bits per heavy atom. The van der Waals surface area contributed by atoms with Gasteiger partial charge >= 0.3 is 6.03 Å². The van der Waals surface area contributed by atoms with Crippen LogP contribution in [0.3, 0.4) is 0 Å². The van der Waals surface area contributed by atoms with Crippen LogP contribution < -0.4 is 5.32 Å².